The lowest BCUT2D eigenvalue weighted by Crippen LogP contribution is -2.35. The number of amides is 1. The van der Waals surface area contributed by atoms with E-state index in [0.717, 1.165) is 34.9 Å². The van der Waals surface area contributed by atoms with Crippen LogP contribution in [0.15, 0.2) is 6.07 Å². The van der Waals surface area contributed by atoms with Gasteiger partial charge in [-0.15, -0.1) is 0 Å². The number of aromatic nitrogens is 4. The number of hydrogen-bond donors (Lipinski definition) is 3. The van der Waals surface area contributed by atoms with Gasteiger partial charge in [0.25, 0.3) is 5.95 Å². The molecule has 3 N–H and O–H groups in total. The van der Waals surface area contributed by atoms with E-state index in [-0.39, 0.29) is 18.2 Å². The third kappa shape index (κ3) is 3.91. The molecule has 0 spiro atoms. The number of β-amino-alcohol motifs (C(OH)–C–C–N with tert-alkyl or cyclic N) is 1. The van der Waals surface area contributed by atoms with E-state index in [0.29, 0.717) is 19.0 Å². The zero-order valence-electron chi connectivity index (χ0n) is 15.7. The molecule has 2 aromatic heterocycles. The van der Waals surface area contributed by atoms with Gasteiger partial charge in [-0.05, 0) is 33.8 Å². The fraction of sp³-hybridized carbons (Fsp3) is 0.556. The van der Waals surface area contributed by atoms with E-state index < -0.39 is 6.10 Å². The summed E-state index contributed by atoms with van der Waals surface area (Å²) in [5.74, 6) is 0.513. The molecule has 140 valence electrons. The zero-order valence-corrected chi connectivity index (χ0v) is 15.7. The molecule has 1 aliphatic heterocycles. The second-order valence-corrected chi connectivity index (χ2v) is 6.98. The normalized spacial score (nSPS) is 19.7. The molecule has 2 aromatic rings. The lowest BCUT2D eigenvalue weighted by atomic mass is 10.1. The van der Waals surface area contributed by atoms with Crippen molar-refractivity contribution >= 4 is 5.91 Å². The van der Waals surface area contributed by atoms with E-state index in [1.165, 1.54) is 0 Å². The van der Waals surface area contributed by atoms with E-state index >= 15 is 0 Å². The number of nitrogens with zero attached hydrogens (tertiary/aromatic N) is 4. The predicted octanol–water partition coefficient (Wildman–Crippen LogP) is 0.135. The second kappa shape index (κ2) is 7.51. The lowest BCUT2D eigenvalue weighted by Gasteiger charge is -2.14. The molecule has 8 nitrogen and oxygen atoms in total. The summed E-state index contributed by atoms with van der Waals surface area (Å²) in [6.45, 7) is 9.44. The van der Waals surface area contributed by atoms with Gasteiger partial charge in [0, 0.05) is 48.2 Å². The number of nitrogens with one attached hydrogen (secondary N) is 2. The minimum atomic E-state index is -0.400. The van der Waals surface area contributed by atoms with Crippen LogP contribution in [0.25, 0.3) is 5.95 Å². The number of carbonyl (C=O) groups excluding carboxylic acids is 1. The molecule has 3 heterocycles. The highest BCUT2D eigenvalue weighted by atomic mass is 16.3. The van der Waals surface area contributed by atoms with E-state index in [4.69, 9.17) is 0 Å². The van der Waals surface area contributed by atoms with Crippen LogP contribution < -0.4 is 10.6 Å². The number of carbonyl (C=O) groups is 1. The second-order valence-electron chi connectivity index (χ2n) is 6.98. The molecule has 8 heteroatoms. The van der Waals surface area contributed by atoms with Crippen LogP contribution >= 0.6 is 0 Å². The van der Waals surface area contributed by atoms with Crippen LogP contribution in [0.2, 0.25) is 0 Å². The van der Waals surface area contributed by atoms with Crippen molar-refractivity contribution in [2.45, 2.75) is 40.2 Å². The Morgan fingerprint density at radius 2 is 1.96 bits per heavy atom. The Morgan fingerprint density at radius 3 is 2.58 bits per heavy atom. The van der Waals surface area contributed by atoms with Gasteiger partial charge < -0.3 is 15.7 Å². The van der Waals surface area contributed by atoms with Crippen LogP contribution in [-0.4, -0.2) is 56.5 Å². The fourth-order valence-electron chi connectivity index (χ4n) is 3.32. The molecule has 1 saturated heterocycles. The Balaban J connectivity index is 1.72. The Morgan fingerprint density at radius 1 is 1.27 bits per heavy atom. The average molecular weight is 358 g/mol. The molecule has 0 radical (unpaired) electrons. The Bertz CT molecular complexity index is 796. The van der Waals surface area contributed by atoms with Crippen molar-refractivity contribution in [3.63, 3.8) is 0 Å². The van der Waals surface area contributed by atoms with E-state index in [2.05, 4.69) is 25.7 Å². The highest BCUT2D eigenvalue weighted by molar-refractivity contribution is 5.79. The topological polar surface area (TPSA) is 105 Å². The quantitative estimate of drug-likeness (QED) is 0.702. The Hall–Kier alpha value is -2.32. The molecular weight excluding hydrogens is 332 g/mol. The maximum atomic E-state index is 12.4. The van der Waals surface area contributed by atoms with Crippen molar-refractivity contribution in [2.24, 2.45) is 5.92 Å². The molecule has 2 atom stereocenters. The highest BCUT2D eigenvalue weighted by Gasteiger charge is 2.25. The van der Waals surface area contributed by atoms with Gasteiger partial charge in [0.2, 0.25) is 5.91 Å². The van der Waals surface area contributed by atoms with Gasteiger partial charge in [-0.1, -0.05) is 0 Å². The third-order valence-electron chi connectivity index (χ3n) is 4.80. The zero-order chi connectivity index (χ0) is 18.8. The maximum Gasteiger partial charge on any atom is 0.251 e. The van der Waals surface area contributed by atoms with Crippen molar-refractivity contribution in [3.05, 3.63) is 34.4 Å². The first-order chi connectivity index (χ1) is 12.3. The average Bonchev–Trinajstić information content (AvgIpc) is 3.10. The van der Waals surface area contributed by atoms with E-state index in [1.54, 1.807) is 4.68 Å². The molecule has 1 amide bonds. The van der Waals surface area contributed by atoms with Crippen LogP contribution in [0.3, 0.4) is 0 Å². The fourth-order valence-corrected chi connectivity index (χ4v) is 3.32. The van der Waals surface area contributed by atoms with Gasteiger partial charge in [0.15, 0.2) is 0 Å². The first-order valence-corrected chi connectivity index (χ1v) is 8.88. The summed E-state index contributed by atoms with van der Waals surface area (Å²) in [6.07, 6.45) is -0.151. The van der Waals surface area contributed by atoms with Crippen molar-refractivity contribution in [2.75, 3.05) is 19.6 Å². The molecule has 3 rings (SSSR count). The summed E-state index contributed by atoms with van der Waals surface area (Å²) in [4.78, 5) is 21.3. The number of aliphatic hydroxyl groups excluding tert-OH is 1. The summed E-state index contributed by atoms with van der Waals surface area (Å²) in [7, 11) is 0. The first kappa shape index (κ1) is 18.5. The van der Waals surface area contributed by atoms with Crippen molar-refractivity contribution < 1.29 is 9.90 Å². The molecule has 0 bridgehead atoms. The van der Waals surface area contributed by atoms with Crippen molar-refractivity contribution in [3.8, 4) is 5.95 Å². The van der Waals surface area contributed by atoms with Gasteiger partial charge in [0.05, 0.1) is 18.2 Å². The largest absolute Gasteiger partial charge is 0.391 e. The molecule has 26 heavy (non-hydrogen) atoms. The summed E-state index contributed by atoms with van der Waals surface area (Å²) < 4.78 is 1.70. The van der Waals surface area contributed by atoms with E-state index in [1.807, 2.05) is 33.8 Å². The van der Waals surface area contributed by atoms with E-state index in [9.17, 15) is 9.90 Å². The van der Waals surface area contributed by atoms with Gasteiger partial charge in [-0.25, -0.2) is 14.6 Å². The number of hydrogen-bond acceptors (Lipinski definition) is 6. The van der Waals surface area contributed by atoms with Gasteiger partial charge in [0.1, 0.15) is 0 Å². The summed E-state index contributed by atoms with van der Waals surface area (Å²) in [5.41, 5.74) is 4.30. The minimum absolute atomic E-state index is 0.0625. The molecule has 0 aliphatic carbocycles. The number of aliphatic hydroxyl groups is 1. The van der Waals surface area contributed by atoms with Crippen LogP contribution in [0, 0.1) is 33.6 Å². The van der Waals surface area contributed by atoms with Crippen LogP contribution in [0.4, 0.5) is 0 Å². The SMILES string of the molecule is Cc1cc(C)nc(-n2nc(C)c(CC(=O)NCC3CNCC3O)c2C)n1. The van der Waals surface area contributed by atoms with Crippen molar-refractivity contribution in [1.29, 1.82) is 0 Å². The van der Waals surface area contributed by atoms with Gasteiger partial charge in [-0.3, -0.25) is 4.79 Å². The van der Waals surface area contributed by atoms with Crippen LogP contribution in [-0.2, 0) is 11.2 Å². The van der Waals surface area contributed by atoms with Gasteiger partial charge >= 0.3 is 0 Å². The first-order valence-electron chi connectivity index (χ1n) is 8.88. The maximum absolute atomic E-state index is 12.4. The molecule has 0 saturated carbocycles. The molecule has 2 unspecified atom stereocenters. The summed E-state index contributed by atoms with van der Waals surface area (Å²) in [5, 5.41) is 20.4. The smallest absolute Gasteiger partial charge is 0.251 e. The summed E-state index contributed by atoms with van der Waals surface area (Å²) >= 11 is 0. The van der Waals surface area contributed by atoms with Crippen LogP contribution in [0.5, 0.6) is 0 Å². The Labute approximate surface area is 153 Å². The Kier molecular flexibility index (Phi) is 5.33. The molecular formula is C18H26N6O2. The molecule has 1 aliphatic rings. The third-order valence-corrected chi connectivity index (χ3v) is 4.80. The monoisotopic (exact) mass is 358 g/mol. The number of rotatable bonds is 5. The number of aryl methyl sites for hydroxylation is 3. The van der Waals surface area contributed by atoms with Gasteiger partial charge in [-0.2, -0.15) is 5.10 Å². The standard InChI is InChI=1S/C18H26N6O2/c1-10-5-11(2)22-18(21-10)24-13(4)15(12(3)23-24)6-17(26)20-8-14-7-19-9-16(14)25/h5,14,16,19,25H,6-9H2,1-4H3,(H,20,26). The molecule has 0 aromatic carbocycles. The van der Waals surface area contributed by atoms with Crippen molar-refractivity contribution in [1.82, 2.24) is 30.4 Å². The summed E-state index contributed by atoms with van der Waals surface area (Å²) in [6, 6.07) is 1.91. The minimum Gasteiger partial charge on any atom is -0.391 e. The predicted molar refractivity (Wildman–Crippen MR) is 97.2 cm³/mol. The molecule has 1 fully saturated rings. The van der Waals surface area contributed by atoms with Crippen LogP contribution in [0.1, 0.15) is 28.3 Å². The lowest BCUT2D eigenvalue weighted by molar-refractivity contribution is -0.120. The highest BCUT2D eigenvalue weighted by Crippen LogP contribution is 2.17.